The van der Waals surface area contributed by atoms with E-state index in [1.54, 1.807) is 18.2 Å². The van der Waals surface area contributed by atoms with Gasteiger partial charge in [0, 0.05) is 6.54 Å². The van der Waals surface area contributed by atoms with Crippen LogP contribution in [0.2, 0.25) is 5.02 Å². The molecule has 2 aromatic carbocycles. The standard InChI is InChI=1S/C13H11ClFNO2S/c14-12-8-10(6-7-13(12)15)9-16-19(17,18)11-4-2-1-3-5-11/h1-8,16H,9H2. The maximum absolute atomic E-state index is 13.0. The van der Waals surface area contributed by atoms with Gasteiger partial charge >= 0.3 is 0 Å². The molecule has 3 nitrogen and oxygen atoms in total. The van der Waals surface area contributed by atoms with Crippen LogP contribution in [0.15, 0.2) is 53.4 Å². The summed E-state index contributed by atoms with van der Waals surface area (Å²) in [4.78, 5) is 0.184. The van der Waals surface area contributed by atoms with Gasteiger partial charge in [-0.2, -0.15) is 0 Å². The Labute approximate surface area is 116 Å². The van der Waals surface area contributed by atoms with E-state index in [9.17, 15) is 12.8 Å². The van der Waals surface area contributed by atoms with Crippen LogP contribution in [-0.2, 0) is 16.6 Å². The summed E-state index contributed by atoms with van der Waals surface area (Å²) in [6.45, 7) is 0.0528. The lowest BCUT2D eigenvalue weighted by atomic mass is 10.2. The fourth-order valence-electron chi connectivity index (χ4n) is 1.51. The molecular weight excluding hydrogens is 289 g/mol. The third-order valence-corrected chi connectivity index (χ3v) is 4.21. The van der Waals surface area contributed by atoms with Crippen molar-refractivity contribution < 1.29 is 12.8 Å². The largest absolute Gasteiger partial charge is 0.240 e. The van der Waals surface area contributed by atoms with E-state index in [2.05, 4.69) is 4.72 Å². The van der Waals surface area contributed by atoms with Gasteiger partial charge in [-0.1, -0.05) is 35.9 Å². The van der Waals surface area contributed by atoms with Crippen molar-refractivity contribution in [1.29, 1.82) is 0 Å². The lowest BCUT2D eigenvalue weighted by molar-refractivity contribution is 0.581. The van der Waals surface area contributed by atoms with Crippen LogP contribution in [0.3, 0.4) is 0 Å². The highest BCUT2D eigenvalue weighted by Crippen LogP contribution is 2.16. The molecule has 0 aliphatic carbocycles. The molecule has 0 aliphatic heterocycles. The summed E-state index contributed by atoms with van der Waals surface area (Å²) in [5, 5.41) is -0.0311. The average molecular weight is 300 g/mol. The first-order valence-corrected chi connectivity index (χ1v) is 7.34. The molecule has 6 heteroatoms. The zero-order valence-electron chi connectivity index (χ0n) is 9.81. The molecule has 0 radical (unpaired) electrons. The minimum Gasteiger partial charge on any atom is -0.207 e. The lowest BCUT2D eigenvalue weighted by Crippen LogP contribution is -2.23. The first kappa shape index (κ1) is 14.0. The Morgan fingerprint density at radius 3 is 2.42 bits per heavy atom. The number of halogens is 2. The van der Waals surface area contributed by atoms with Gasteiger partial charge < -0.3 is 0 Å². The highest BCUT2D eigenvalue weighted by atomic mass is 35.5. The molecule has 2 aromatic rings. The topological polar surface area (TPSA) is 46.2 Å². The highest BCUT2D eigenvalue weighted by Gasteiger charge is 2.13. The number of rotatable bonds is 4. The van der Waals surface area contributed by atoms with E-state index in [4.69, 9.17) is 11.6 Å². The van der Waals surface area contributed by atoms with E-state index >= 15 is 0 Å². The van der Waals surface area contributed by atoms with Crippen LogP contribution < -0.4 is 4.72 Å². The molecule has 0 spiro atoms. The summed E-state index contributed by atoms with van der Waals surface area (Å²) in [5.74, 6) is -0.531. The molecule has 19 heavy (non-hydrogen) atoms. The molecule has 100 valence electrons. The maximum atomic E-state index is 13.0. The summed E-state index contributed by atoms with van der Waals surface area (Å²) in [7, 11) is -3.57. The number of nitrogens with one attached hydrogen (secondary N) is 1. The van der Waals surface area contributed by atoms with E-state index in [1.807, 2.05) is 0 Å². The predicted molar refractivity (Wildman–Crippen MR) is 71.9 cm³/mol. The Kier molecular flexibility index (Phi) is 4.19. The summed E-state index contributed by atoms with van der Waals surface area (Å²) < 4.78 is 39.3. The van der Waals surface area contributed by atoms with Gasteiger partial charge in [-0.25, -0.2) is 17.5 Å². The van der Waals surface area contributed by atoms with Crippen LogP contribution in [0.5, 0.6) is 0 Å². The molecule has 0 bridgehead atoms. The molecule has 0 heterocycles. The van der Waals surface area contributed by atoms with Crippen LogP contribution >= 0.6 is 11.6 Å². The number of benzene rings is 2. The minimum atomic E-state index is -3.57. The Balaban J connectivity index is 2.12. The van der Waals surface area contributed by atoms with Gasteiger partial charge in [0.1, 0.15) is 5.82 Å². The van der Waals surface area contributed by atoms with Crippen molar-refractivity contribution in [1.82, 2.24) is 4.72 Å². The number of hydrogen-bond donors (Lipinski definition) is 1. The van der Waals surface area contributed by atoms with Crippen molar-refractivity contribution in [2.45, 2.75) is 11.4 Å². The molecule has 0 unspecified atom stereocenters. The van der Waals surface area contributed by atoms with Crippen molar-refractivity contribution in [2.24, 2.45) is 0 Å². The van der Waals surface area contributed by atoms with E-state index in [-0.39, 0.29) is 16.5 Å². The van der Waals surface area contributed by atoms with Gasteiger partial charge in [-0.3, -0.25) is 0 Å². The highest BCUT2D eigenvalue weighted by molar-refractivity contribution is 7.89. The Hall–Kier alpha value is -1.43. The average Bonchev–Trinajstić information content (AvgIpc) is 2.41. The van der Waals surface area contributed by atoms with Crippen LogP contribution in [-0.4, -0.2) is 8.42 Å². The fraction of sp³-hybridized carbons (Fsp3) is 0.0769. The van der Waals surface area contributed by atoms with E-state index in [0.29, 0.717) is 5.56 Å². The monoisotopic (exact) mass is 299 g/mol. The molecule has 0 saturated carbocycles. The quantitative estimate of drug-likeness (QED) is 0.943. The van der Waals surface area contributed by atoms with Crippen LogP contribution in [0, 0.1) is 5.82 Å². The van der Waals surface area contributed by atoms with Gasteiger partial charge in [-0.15, -0.1) is 0 Å². The van der Waals surface area contributed by atoms with Crippen molar-refractivity contribution in [3.63, 3.8) is 0 Å². The van der Waals surface area contributed by atoms with Crippen LogP contribution in [0.1, 0.15) is 5.56 Å². The Bertz CT molecular complexity index is 674. The van der Waals surface area contributed by atoms with Gasteiger partial charge in [-0.05, 0) is 29.8 Å². The summed E-state index contributed by atoms with van der Waals surface area (Å²) in [6, 6.07) is 12.1. The number of hydrogen-bond acceptors (Lipinski definition) is 2. The van der Waals surface area contributed by atoms with Gasteiger partial charge in [0.25, 0.3) is 0 Å². The first-order valence-electron chi connectivity index (χ1n) is 5.48. The van der Waals surface area contributed by atoms with Gasteiger partial charge in [0.05, 0.1) is 9.92 Å². The molecule has 0 amide bonds. The van der Waals surface area contributed by atoms with Crippen molar-refractivity contribution in [3.8, 4) is 0 Å². The van der Waals surface area contributed by atoms with Crippen molar-refractivity contribution >= 4 is 21.6 Å². The number of sulfonamides is 1. The molecule has 0 fully saturated rings. The SMILES string of the molecule is O=S(=O)(NCc1ccc(F)c(Cl)c1)c1ccccc1. The van der Waals surface area contributed by atoms with Gasteiger partial charge in [0.15, 0.2) is 0 Å². The third kappa shape index (κ3) is 3.53. The molecular formula is C13H11ClFNO2S. The third-order valence-electron chi connectivity index (χ3n) is 2.50. The summed E-state index contributed by atoms with van der Waals surface area (Å²) in [5.41, 5.74) is 0.589. The zero-order chi connectivity index (χ0) is 13.9. The zero-order valence-corrected chi connectivity index (χ0v) is 11.4. The second kappa shape index (κ2) is 5.69. The first-order chi connectivity index (χ1) is 8.99. The second-order valence-electron chi connectivity index (χ2n) is 3.89. The summed E-state index contributed by atoms with van der Waals surface area (Å²) in [6.07, 6.45) is 0. The second-order valence-corrected chi connectivity index (χ2v) is 6.06. The van der Waals surface area contributed by atoms with E-state index in [1.165, 1.54) is 30.3 Å². The van der Waals surface area contributed by atoms with Crippen molar-refractivity contribution in [3.05, 3.63) is 64.9 Å². The van der Waals surface area contributed by atoms with Gasteiger partial charge in [0.2, 0.25) is 10.0 Å². The fourth-order valence-corrected chi connectivity index (χ4v) is 2.75. The smallest absolute Gasteiger partial charge is 0.207 e. The van der Waals surface area contributed by atoms with E-state index < -0.39 is 15.8 Å². The van der Waals surface area contributed by atoms with Crippen LogP contribution in [0.25, 0.3) is 0 Å². The lowest BCUT2D eigenvalue weighted by Gasteiger charge is -2.07. The van der Waals surface area contributed by atoms with Crippen LogP contribution in [0.4, 0.5) is 4.39 Å². The summed E-state index contributed by atoms with van der Waals surface area (Å²) >= 11 is 5.63. The Morgan fingerprint density at radius 2 is 1.79 bits per heavy atom. The maximum Gasteiger partial charge on any atom is 0.240 e. The molecule has 0 aliphatic rings. The van der Waals surface area contributed by atoms with E-state index in [0.717, 1.165) is 0 Å². The minimum absolute atomic E-state index is 0.0311. The molecule has 1 N–H and O–H groups in total. The normalized spacial score (nSPS) is 11.5. The molecule has 0 aromatic heterocycles. The Morgan fingerprint density at radius 1 is 1.11 bits per heavy atom. The van der Waals surface area contributed by atoms with Crippen molar-refractivity contribution in [2.75, 3.05) is 0 Å². The molecule has 2 rings (SSSR count). The molecule has 0 saturated heterocycles. The predicted octanol–water partition coefficient (Wildman–Crippen LogP) is 2.96. The molecule has 0 atom stereocenters.